The zero-order valence-corrected chi connectivity index (χ0v) is 26.4. The third-order valence-electron chi connectivity index (χ3n) is 8.71. The van der Waals surface area contributed by atoms with Gasteiger partial charge >= 0.3 is 0 Å². The van der Waals surface area contributed by atoms with Crippen LogP contribution in [0.4, 0.5) is 0 Å². The largest absolute Gasteiger partial charge is 0.354 e. The molecule has 9 rings (SSSR count). The Kier molecular flexibility index (Phi) is 8.34. The van der Waals surface area contributed by atoms with E-state index in [9.17, 15) is 0 Å². The van der Waals surface area contributed by atoms with Gasteiger partial charge in [-0.15, -0.1) is 0 Å². The minimum Gasteiger partial charge on any atom is -0.354 e. The molecule has 0 saturated heterocycles. The normalized spacial score (nSPS) is 11.9. The van der Waals surface area contributed by atoms with Gasteiger partial charge in [0.05, 0.1) is 16.6 Å². The zero-order chi connectivity index (χ0) is 31.3. The fraction of sp³-hybridized carbons (Fsp3) is 0.0909. The van der Waals surface area contributed by atoms with Crippen LogP contribution in [-0.4, -0.2) is 9.55 Å². The van der Waals surface area contributed by atoms with Crippen molar-refractivity contribution in [3.63, 3.8) is 0 Å². The highest BCUT2D eigenvalue weighted by Crippen LogP contribution is 2.39. The van der Waals surface area contributed by atoms with E-state index in [1.165, 1.54) is 71.9 Å². The van der Waals surface area contributed by atoms with E-state index in [1.807, 2.05) is 26.0 Å². The first-order valence-corrected chi connectivity index (χ1v) is 16.3. The SMILES string of the molecule is C1=Cc2[nH]c3c(ccc4c3c3ccccc3n4-c3ccc(-c4ccccc4)cc3)c2CC1.CC.c1ccc(-c2ccccc2)cc1. The Morgan fingerprint density at radius 1 is 0.500 bits per heavy atom. The van der Waals surface area contributed by atoms with Crippen LogP contribution in [-0.2, 0) is 6.42 Å². The molecule has 2 nitrogen and oxygen atoms in total. The number of nitrogens with zero attached hydrogens (tertiary/aromatic N) is 1. The lowest BCUT2D eigenvalue weighted by atomic mass is 10.00. The summed E-state index contributed by atoms with van der Waals surface area (Å²) in [6.45, 7) is 4.00. The van der Waals surface area contributed by atoms with Gasteiger partial charge < -0.3 is 9.55 Å². The highest BCUT2D eigenvalue weighted by atomic mass is 15.0. The smallest absolute Gasteiger partial charge is 0.0563 e. The van der Waals surface area contributed by atoms with Gasteiger partial charge in [0, 0.05) is 27.5 Å². The molecule has 2 heteroatoms. The van der Waals surface area contributed by atoms with Crippen LogP contribution in [0.25, 0.3) is 66.7 Å². The van der Waals surface area contributed by atoms with Gasteiger partial charge in [0.1, 0.15) is 0 Å². The summed E-state index contributed by atoms with van der Waals surface area (Å²) in [5.74, 6) is 0. The van der Waals surface area contributed by atoms with Crippen LogP contribution in [0.15, 0.2) is 158 Å². The number of aryl methyl sites for hydroxylation is 1. The number of aromatic amines is 1. The van der Waals surface area contributed by atoms with Gasteiger partial charge in [0.2, 0.25) is 0 Å². The Labute approximate surface area is 271 Å². The van der Waals surface area contributed by atoms with Crippen molar-refractivity contribution in [2.45, 2.75) is 26.7 Å². The molecule has 2 heterocycles. The minimum atomic E-state index is 1.11. The molecule has 0 radical (unpaired) electrons. The molecule has 0 spiro atoms. The lowest BCUT2D eigenvalue weighted by molar-refractivity contribution is 0.992. The summed E-state index contributed by atoms with van der Waals surface area (Å²) in [6.07, 6.45) is 6.74. The molecule has 1 aliphatic carbocycles. The standard InChI is InChI=1S/C30H22N2.C12H10.C2H6/c1-2-8-20(9-3-1)21-14-16-22(17-15-21)32-27-13-7-5-11-25(27)29-28(32)19-18-24-23-10-4-6-12-26(23)31-30(24)29;1-3-7-11(8-4-1)12-9-5-2-6-10-12;1-2/h1-3,5-9,11-19,31H,4,10H2;1-10H;1-2H3. The van der Waals surface area contributed by atoms with Crippen molar-refractivity contribution in [2.75, 3.05) is 0 Å². The van der Waals surface area contributed by atoms with E-state index in [0.29, 0.717) is 0 Å². The number of hydrogen-bond acceptors (Lipinski definition) is 0. The lowest BCUT2D eigenvalue weighted by Crippen LogP contribution is -1.93. The third kappa shape index (κ3) is 5.44. The van der Waals surface area contributed by atoms with Crippen LogP contribution in [0.5, 0.6) is 0 Å². The maximum absolute atomic E-state index is 3.75. The highest BCUT2D eigenvalue weighted by Gasteiger charge is 2.19. The highest BCUT2D eigenvalue weighted by molar-refractivity contribution is 6.21. The van der Waals surface area contributed by atoms with E-state index in [0.717, 1.165) is 12.8 Å². The molecule has 8 aromatic rings. The summed E-state index contributed by atoms with van der Waals surface area (Å²) in [4.78, 5) is 3.75. The fourth-order valence-corrected chi connectivity index (χ4v) is 6.61. The Morgan fingerprint density at radius 3 is 1.65 bits per heavy atom. The number of fused-ring (bicyclic) bond motifs is 7. The van der Waals surface area contributed by atoms with Crippen LogP contribution in [0.2, 0.25) is 0 Å². The topological polar surface area (TPSA) is 20.7 Å². The van der Waals surface area contributed by atoms with Gasteiger partial charge in [-0.1, -0.05) is 147 Å². The lowest BCUT2D eigenvalue weighted by Gasteiger charge is -2.09. The number of para-hydroxylation sites is 1. The number of allylic oxidation sites excluding steroid dienone is 1. The molecule has 224 valence electrons. The first kappa shape index (κ1) is 29.1. The quantitative estimate of drug-likeness (QED) is 0.210. The molecule has 0 amide bonds. The van der Waals surface area contributed by atoms with Crippen molar-refractivity contribution in [1.82, 2.24) is 9.55 Å². The molecule has 0 aliphatic heterocycles. The molecule has 0 bridgehead atoms. The first-order chi connectivity index (χ1) is 22.8. The molecule has 6 aromatic carbocycles. The summed E-state index contributed by atoms with van der Waals surface area (Å²) in [7, 11) is 0. The van der Waals surface area contributed by atoms with E-state index in [1.54, 1.807) is 0 Å². The monoisotopic (exact) mass is 594 g/mol. The third-order valence-corrected chi connectivity index (χ3v) is 8.71. The average molecular weight is 595 g/mol. The van der Waals surface area contributed by atoms with Gasteiger partial charge in [-0.3, -0.25) is 0 Å². The van der Waals surface area contributed by atoms with Gasteiger partial charge in [-0.25, -0.2) is 0 Å². The number of hydrogen-bond donors (Lipinski definition) is 1. The Bertz CT molecular complexity index is 2200. The van der Waals surface area contributed by atoms with Gasteiger partial charge in [0.15, 0.2) is 0 Å². The first-order valence-electron chi connectivity index (χ1n) is 16.3. The second-order valence-electron chi connectivity index (χ2n) is 11.3. The second-order valence-corrected chi connectivity index (χ2v) is 11.3. The van der Waals surface area contributed by atoms with Crippen molar-refractivity contribution < 1.29 is 0 Å². The number of nitrogens with one attached hydrogen (secondary N) is 1. The molecule has 2 aromatic heterocycles. The van der Waals surface area contributed by atoms with E-state index in [2.05, 4.69) is 161 Å². The second kappa shape index (κ2) is 13.2. The van der Waals surface area contributed by atoms with Crippen molar-refractivity contribution >= 4 is 38.8 Å². The predicted octanol–water partition coefficient (Wildman–Crippen LogP) is 12.3. The molecule has 1 N–H and O–H groups in total. The minimum absolute atomic E-state index is 1.11. The van der Waals surface area contributed by atoms with Crippen molar-refractivity contribution in [3.05, 3.63) is 169 Å². The summed E-state index contributed by atoms with van der Waals surface area (Å²) in [5, 5.41) is 3.97. The van der Waals surface area contributed by atoms with Crippen molar-refractivity contribution in [1.29, 1.82) is 0 Å². The summed E-state index contributed by atoms with van der Waals surface area (Å²) < 4.78 is 2.40. The van der Waals surface area contributed by atoms with Crippen LogP contribution >= 0.6 is 0 Å². The fourth-order valence-electron chi connectivity index (χ4n) is 6.61. The number of H-pyrrole nitrogens is 1. The van der Waals surface area contributed by atoms with Crippen LogP contribution < -0.4 is 0 Å². The molecule has 46 heavy (non-hydrogen) atoms. The van der Waals surface area contributed by atoms with Crippen LogP contribution in [0.1, 0.15) is 31.5 Å². The Morgan fingerprint density at radius 2 is 1.04 bits per heavy atom. The number of rotatable bonds is 3. The Hall–Kier alpha value is -5.60. The predicted molar refractivity (Wildman–Crippen MR) is 199 cm³/mol. The molecular formula is C44H38N2. The number of aromatic nitrogens is 2. The maximum Gasteiger partial charge on any atom is 0.0563 e. The molecule has 0 atom stereocenters. The van der Waals surface area contributed by atoms with Crippen molar-refractivity contribution in [2.24, 2.45) is 0 Å². The van der Waals surface area contributed by atoms with Crippen molar-refractivity contribution in [3.8, 4) is 27.9 Å². The molecular weight excluding hydrogens is 556 g/mol. The summed E-state index contributed by atoms with van der Waals surface area (Å²) >= 11 is 0. The van der Waals surface area contributed by atoms with Crippen LogP contribution in [0.3, 0.4) is 0 Å². The van der Waals surface area contributed by atoms with Gasteiger partial charge in [0.25, 0.3) is 0 Å². The van der Waals surface area contributed by atoms with E-state index in [-0.39, 0.29) is 0 Å². The molecule has 0 fully saturated rings. The average Bonchev–Trinajstić information content (AvgIpc) is 3.70. The maximum atomic E-state index is 3.75. The summed E-state index contributed by atoms with van der Waals surface area (Å²) in [6, 6.07) is 53.6. The van der Waals surface area contributed by atoms with E-state index < -0.39 is 0 Å². The zero-order valence-electron chi connectivity index (χ0n) is 26.4. The van der Waals surface area contributed by atoms with Gasteiger partial charge in [-0.2, -0.15) is 0 Å². The van der Waals surface area contributed by atoms with Crippen LogP contribution in [0, 0.1) is 0 Å². The molecule has 0 saturated carbocycles. The Balaban J connectivity index is 0.000000203. The van der Waals surface area contributed by atoms with E-state index >= 15 is 0 Å². The summed E-state index contributed by atoms with van der Waals surface area (Å²) in [5.41, 5.74) is 12.7. The molecule has 1 aliphatic rings. The van der Waals surface area contributed by atoms with E-state index in [4.69, 9.17) is 0 Å². The molecule has 0 unspecified atom stereocenters. The number of benzene rings is 6. The van der Waals surface area contributed by atoms with Gasteiger partial charge in [-0.05, 0) is 71.0 Å².